The molecule has 132 valence electrons. The van der Waals surface area contributed by atoms with Gasteiger partial charge in [-0.1, -0.05) is 26.8 Å². The molecule has 6 heteroatoms. The summed E-state index contributed by atoms with van der Waals surface area (Å²) >= 11 is 3.41. The Hall–Kier alpha value is -1.01. The Morgan fingerprint density at radius 2 is 1.92 bits per heavy atom. The summed E-state index contributed by atoms with van der Waals surface area (Å²) in [5, 5.41) is 1.96. The molecule has 1 spiro atoms. The van der Waals surface area contributed by atoms with Crippen molar-refractivity contribution in [1.82, 2.24) is 9.80 Å². The number of hydrogen-bond donors (Lipinski definition) is 0. The fourth-order valence-electron chi connectivity index (χ4n) is 3.51. The third-order valence-corrected chi connectivity index (χ3v) is 7.14. The maximum absolute atomic E-state index is 12.8. The van der Waals surface area contributed by atoms with Crippen LogP contribution in [-0.4, -0.2) is 51.9 Å². The molecule has 4 nitrogen and oxygen atoms in total. The second-order valence-electron chi connectivity index (χ2n) is 7.85. The third-order valence-electron chi connectivity index (χ3n) is 4.73. The topological polar surface area (TPSA) is 40.6 Å². The Labute approximate surface area is 152 Å². The van der Waals surface area contributed by atoms with Crippen LogP contribution in [-0.2, 0) is 4.79 Å². The molecule has 2 amide bonds. The number of carbonyl (C=O) groups is 2. The lowest BCUT2D eigenvalue weighted by Gasteiger charge is -2.44. The first kappa shape index (κ1) is 17.8. The van der Waals surface area contributed by atoms with E-state index in [1.807, 2.05) is 34.2 Å². The van der Waals surface area contributed by atoms with Gasteiger partial charge < -0.3 is 9.80 Å². The molecule has 2 saturated heterocycles. The highest BCUT2D eigenvalue weighted by molar-refractivity contribution is 8.00. The van der Waals surface area contributed by atoms with Crippen LogP contribution in [0, 0.1) is 5.41 Å². The molecule has 0 bridgehead atoms. The van der Waals surface area contributed by atoms with E-state index in [1.165, 1.54) is 11.3 Å². The predicted molar refractivity (Wildman–Crippen MR) is 100 cm³/mol. The van der Waals surface area contributed by atoms with Crippen molar-refractivity contribution in [2.75, 3.05) is 25.4 Å². The molecule has 0 N–H and O–H groups in total. The molecule has 3 heterocycles. The number of thiophene rings is 1. The summed E-state index contributed by atoms with van der Waals surface area (Å²) < 4.78 is 0. The number of likely N-dealkylation sites (tertiary alicyclic amines) is 1. The molecule has 1 aromatic heterocycles. The summed E-state index contributed by atoms with van der Waals surface area (Å²) in [6.45, 7) is 8.64. The average molecular weight is 367 g/mol. The van der Waals surface area contributed by atoms with E-state index < -0.39 is 0 Å². The molecule has 3 rings (SSSR count). The molecule has 2 aliphatic heterocycles. The van der Waals surface area contributed by atoms with Gasteiger partial charge in [-0.2, -0.15) is 0 Å². The Balaban J connectivity index is 1.65. The first-order valence-electron chi connectivity index (χ1n) is 8.58. The second kappa shape index (κ2) is 6.71. The normalized spacial score (nSPS) is 20.6. The number of hydrogen-bond acceptors (Lipinski definition) is 4. The SMILES string of the molecule is CC(C)(C)CC(=O)N1CCC2(CC1)SCCN2C(=O)c1cccs1. The zero-order valence-electron chi connectivity index (χ0n) is 14.7. The van der Waals surface area contributed by atoms with Crippen LogP contribution in [0.5, 0.6) is 0 Å². The van der Waals surface area contributed by atoms with Crippen molar-refractivity contribution in [3.05, 3.63) is 22.4 Å². The van der Waals surface area contributed by atoms with E-state index in [9.17, 15) is 9.59 Å². The van der Waals surface area contributed by atoms with Crippen molar-refractivity contribution in [2.24, 2.45) is 5.41 Å². The highest BCUT2D eigenvalue weighted by Crippen LogP contribution is 2.45. The minimum atomic E-state index is -0.112. The van der Waals surface area contributed by atoms with Gasteiger partial charge in [-0.05, 0) is 29.7 Å². The number of piperidine rings is 1. The fraction of sp³-hybridized carbons (Fsp3) is 0.667. The second-order valence-corrected chi connectivity index (χ2v) is 10.3. The van der Waals surface area contributed by atoms with Crippen LogP contribution < -0.4 is 0 Å². The first-order valence-corrected chi connectivity index (χ1v) is 10.4. The van der Waals surface area contributed by atoms with Crippen molar-refractivity contribution < 1.29 is 9.59 Å². The molecule has 24 heavy (non-hydrogen) atoms. The van der Waals surface area contributed by atoms with Gasteiger partial charge in [0, 0.05) is 31.8 Å². The van der Waals surface area contributed by atoms with Crippen LogP contribution in [0.2, 0.25) is 0 Å². The van der Waals surface area contributed by atoms with Gasteiger partial charge in [0.2, 0.25) is 5.91 Å². The number of thioether (sulfide) groups is 1. The summed E-state index contributed by atoms with van der Waals surface area (Å²) in [4.78, 5) is 30.1. The summed E-state index contributed by atoms with van der Waals surface area (Å²) in [6, 6.07) is 3.84. The smallest absolute Gasteiger partial charge is 0.265 e. The summed E-state index contributed by atoms with van der Waals surface area (Å²) in [5.41, 5.74) is 0.0233. The van der Waals surface area contributed by atoms with E-state index in [2.05, 4.69) is 25.7 Å². The maximum Gasteiger partial charge on any atom is 0.265 e. The summed E-state index contributed by atoms with van der Waals surface area (Å²) in [6.07, 6.45) is 2.35. The van der Waals surface area contributed by atoms with Gasteiger partial charge in [-0.3, -0.25) is 9.59 Å². The van der Waals surface area contributed by atoms with Gasteiger partial charge in [-0.15, -0.1) is 23.1 Å². The van der Waals surface area contributed by atoms with Crippen molar-refractivity contribution in [3.8, 4) is 0 Å². The highest BCUT2D eigenvalue weighted by atomic mass is 32.2. The standard InChI is InChI=1S/C18H26N2O2S2/c1-17(2,3)13-15(21)19-8-6-18(7-9-19)20(10-12-24-18)16(22)14-5-4-11-23-14/h4-5,11H,6-10,12-13H2,1-3H3. The largest absolute Gasteiger partial charge is 0.342 e. The van der Waals surface area contributed by atoms with E-state index in [4.69, 9.17) is 0 Å². The van der Waals surface area contributed by atoms with Crippen molar-refractivity contribution in [1.29, 1.82) is 0 Å². The first-order chi connectivity index (χ1) is 11.3. The molecule has 1 aromatic rings. The van der Waals surface area contributed by atoms with Gasteiger partial charge in [-0.25, -0.2) is 0 Å². The van der Waals surface area contributed by atoms with E-state index in [0.29, 0.717) is 6.42 Å². The van der Waals surface area contributed by atoms with E-state index in [1.54, 1.807) is 0 Å². The number of rotatable bonds is 2. The van der Waals surface area contributed by atoms with Crippen LogP contribution in [0.25, 0.3) is 0 Å². The summed E-state index contributed by atoms with van der Waals surface area (Å²) in [7, 11) is 0. The van der Waals surface area contributed by atoms with Crippen LogP contribution in [0.4, 0.5) is 0 Å². The monoisotopic (exact) mass is 366 g/mol. The molecule has 0 unspecified atom stereocenters. The fourth-order valence-corrected chi connectivity index (χ4v) is 5.64. The summed E-state index contributed by atoms with van der Waals surface area (Å²) in [5.74, 6) is 1.40. The number of nitrogens with zero attached hydrogens (tertiary/aromatic N) is 2. The van der Waals surface area contributed by atoms with Crippen LogP contribution in [0.15, 0.2) is 17.5 Å². The zero-order chi connectivity index (χ0) is 17.4. The zero-order valence-corrected chi connectivity index (χ0v) is 16.3. The van der Waals surface area contributed by atoms with Crippen LogP contribution in [0.3, 0.4) is 0 Å². The van der Waals surface area contributed by atoms with E-state index >= 15 is 0 Å². The molecule has 0 saturated carbocycles. The van der Waals surface area contributed by atoms with Gasteiger partial charge >= 0.3 is 0 Å². The lowest BCUT2D eigenvalue weighted by atomic mass is 9.91. The number of amides is 2. The molecular weight excluding hydrogens is 340 g/mol. The predicted octanol–water partition coefficient (Wildman–Crippen LogP) is 3.69. The van der Waals surface area contributed by atoms with E-state index in [-0.39, 0.29) is 22.1 Å². The minimum absolute atomic E-state index is 0.0233. The highest BCUT2D eigenvalue weighted by Gasteiger charge is 2.47. The van der Waals surface area contributed by atoms with Gasteiger partial charge in [0.1, 0.15) is 0 Å². The maximum atomic E-state index is 12.8. The lowest BCUT2D eigenvalue weighted by Crippen LogP contribution is -2.53. The Kier molecular flexibility index (Phi) is 4.98. The Bertz CT molecular complexity index is 599. The van der Waals surface area contributed by atoms with Crippen molar-refractivity contribution in [2.45, 2.75) is 44.9 Å². The lowest BCUT2D eigenvalue weighted by molar-refractivity contribution is -0.134. The Morgan fingerprint density at radius 3 is 2.50 bits per heavy atom. The van der Waals surface area contributed by atoms with Gasteiger partial charge in [0.05, 0.1) is 9.75 Å². The molecule has 0 aliphatic carbocycles. The van der Waals surface area contributed by atoms with E-state index in [0.717, 1.165) is 43.1 Å². The van der Waals surface area contributed by atoms with Crippen molar-refractivity contribution in [3.63, 3.8) is 0 Å². The third kappa shape index (κ3) is 3.64. The quantitative estimate of drug-likeness (QED) is 0.801. The van der Waals surface area contributed by atoms with Gasteiger partial charge in [0.25, 0.3) is 5.91 Å². The van der Waals surface area contributed by atoms with Crippen LogP contribution >= 0.6 is 23.1 Å². The molecule has 0 radical (unpaired) electrons. The molecule has 0 atom stereocenters. The van der Waals surface area contributed by atoms with Crippen molar-refractivity contribution >= 4 is 34.9 Å². The Morgan fingerprint density at radius 1 is 1.21 bits per heavy atom. The minimum Gasteiger partial charge on any atom is -0.342 e. The average Bonchev–Trinajstić information content (AvgIpc) is 3.16. The molecule has 0 aromatic carbocycles. The van der Waals surface area contributed by atoms with Crippen LogP contribution in [0.1, 0.15) is 49.7 Å². The number of carbonyl (C=O) groups excluding carboxylic acids is 2. The van der Waals surface area contributed by atoms with Gasteiger partial charge in [0.15, 0.2) is 0 Å². The molecule has 2 aliphatic rings. The molecule has 2 fully saturated rings. The molecular formula is C18H26N2O2S2.